The highest BCUT2D eigenvalue weighted by Gasteiger charge is 2.21. The summed E-state index contributed by atoms with van der Waals surface area (Å²) in [6.07, 6.45) is 2.51. The highest BCUT2D eigenvalue weighted by atomic mass is 32.1. The molecule has 0 spiro atoms. The summed E-state index contributed by atoms with van der Waals surface area (Å²) in [4.78, 5) is 33.2. The molecule has 10 heteroatoms. The molecule has 0 aliphatic carbocycles. The monoisotopic (exact) mass is 426 g/mol. The highest BCUT2D eigenvalue weighted by Crippen LogP contribution is 2.18. The molecule has 3 aromatic rings. The molecule has 1 fully saturated rings. The normalized spacial score (nSPS) is 14.4. The molecule has 30 heavy (non-hydrogen) atoms. The van der Waals surface area contributed by atoms with Gasteiger partial charge in [-0.3, -0.25) is 14.9 Å². The molecule has 0 aromatic carbocycles. The first kappa shape index (κ1) is 20.0. The fourth-order valence-electron chi connectivity index (χ4n) is 3.24. The number of hydrogen-bond donors (Lipinski definition) is 1. The standard InChI is InChI=1S/C20H22N6O3S/c1-14-5-6-17(24-23-14)25-7-3-8-26(10-9-25)18(27)12-15-13-30-20(21-15)22-19(28)16-4-2-11-29-16/h2,4-6,11,13H,3,7-10,12H2,1H3,(H,21,22,28). The molecule has 0 bridgehead atoms. The van der Waals surface area contributed by atoms with E-state index in [0.717, 1.165) is 24.5 Å². The molecule has 1 saturated heterocycles. The van der Waals surface area contributed by atoms with Crippen molar-refractivity contribution in [2.75, 3.05) is 36.4 Å². The van der Waals surface area contributed by atoms with Gasteiger partial charge in [0.15, 0.2) is 16.7 Å². The average Bonchev–Trinajstić information content (AvgIpc) is 3.36. The third-order valence-electron chi connectivity index (χ3n) is 4.81. The number of nitrogens with zero attached hydrogens (tertiary/aromatic N) is 5. The number of amides is 2. The summed E-state index contributed by atoms with van der Waals surface area (Å²) >= 11 is 1.29. The van der Waals surface area contributed by atoms with Crippen LogP contribution in [0.3, 0.4) is 0 Å². The molecule has 3 aromatic heterocycles. The van der Waals surface area contributed by atoms with E-state index in [2.05, 4.69) is 25.4 Å². The van der Waals surface area contributed by atoms with Gasteiger partial charge < -0.3 is 14.2 Å². The predicted octanol–water partition coefficient (Wildman–Crippen LogP) is 2.37. The summed E-state index contributed by atoms with van der Waals surface area (Å²) in [5.41, 5.74) is 1.53. The second-order valence-corrected chi connectivity index (χ2v) is 7.86. The number of carbonyl (C=O) groups is 2. The number of thiazole rings is 1. The van der Waals surface area contributed by atoms with Crippen molar-refractivity contribution in [3.05, 3.63) is 53.1 Å². The van der Waals surface area contributed by atoms with Crippen molar-refractivity contribution in [1.82, 2.24) is 20.1 Å². The first-order valence-corrected chi connectivity index (χ1v) is 10.6. The van der Waals surface area contributed by atoms with Crippen LogP contribution in [0.15, 0.2) is 40.3 Å². The van der Waals surface area contributed by atoms with Crippen molar-refractivity contribution < 1.29 is 14.0 Å². The number of carbonyl (C=O) groups excluding carboxylic acids is 2. The first-order chi connectivity index (χ1) is 14.6. The van der Waals surface area contributed by atoms with Crippen LogP contribution in [0.5, 0.6) is 0 Å². The lowest BCUT2D eigenvalue weighted by molar-refractivity contribution is -0.130. The topological polar surface area (TPSA) is 104 Å². The minimum atomic E-state index is -0.362. The maximum Gasteiger partial charge on any atom is 0.293 e. The SMILES string of the molecule is Cc1ccc(N2CCCN(C(=O)Cc3csc(NC(=O)c4ccco4)n3)CC2)nn1. The van der Waals surface area contributed by atoms with Crippen LogP contribution in [0, 0.1) is 6.92 Å². The smallest absolute Gasteiger partial charge is 0.293 e. The molecule has 0 saturated carbocycles. The molecule has 1 N–H and O–H groups in total. The van der Waals surface area contributed by atoms with Crippen LogP contribution in [-0.4, -0.2) is 58.1 Å². The van der Waals surface area contributed by atoms with E-state index in [1.54, 1.807) is 17.5 Å². The molecular formula is C20H22N6O3S. The Balaban J connectivity index is 1.31. The van der Waals surface area contributed by atoms with E-state index in [-0.39, 0.29) is 24.0 Å². The van der Waals surface area contributed by atoms with Gasteiger partial charge in [-0.05, 0) is 37.6 Å². The lowest BCUT2D eigenvalue weighted by Crippen LogP contribution is -2.36. The van der Waals surface area contributed by atoms with Crippen LogP contribution in [-0.2, 0) is 11.2 Å². The van der Waals surface area contributed by atoms with E-state index in [1.807, 2.05) is 24.0 Å². The summed E-state index contributed by atoms with van der Waals surface area (Å²) in [5.74, 6) is 0.724. The van der Waals surface area contributed by atoms with Crippen molar-refractivity contribution in [2.24, 2.45) is 0 Å². The maximum atomic E-state index is 12.8. The summed E-state index contributed by atoms with van der Waals surface area (Å²) in [5, 5.41) is 13.3. The molecular weight excluding hydrogens is 404 g/mol. The molecule has 4 heterocycles. The van der Waals surface area contributed by atoms with Crippen LogP contribution in [0.1, 0.15) is 28.4 Å². The highest BCUT2D eigenvalue weighted by molar-refractivity contribution is 7.14. The number of furan rings is 1. The Bertz CT molecular complexity index is 1000. The fourth-order valence-corrected chi connectivity index (χ4v) is 3.94. The average molecular weight is 427 g/mol. The Hall–Kier alpha value is -3.27. The summed E-state index contributed by atoms with van der Waals surface area (Å²) in [6.45, 7) is 4.78. The molecule has 0 unspecified atom stereocenters. The first-order valence-electron chi connectivity index (χ1n) is 9.71. The van der Waals surface area contributed by atoms with Gasteiger partial charge in [0, 0.05) is 31.6 Å². The van der Waals surface area contributed by atoms with E-state index in [9.17, 15) is 9.59 Å². The second-order valence-electron chi connectivity index (χ2n) is 7.01. The number of hydrogen-bond acceptors (Lipinski definition) is 8. The van der Waals surface area contributed by atoms with Gasteiger partial charge in [-0.2, -0.15) is 5.10 Å². The van der Waals surface area contributed by atoms with Crippen LogP contribution in [0.2, 0.25) is 0 Å². The zero-order valence-electron chi connectivity index (χ0n) is 16.6. The van der Waals surface area contributed by atoms with Gasteiger partial charge >= 0.3 is 0 Å². The van der Waals surface area contributed by atoms with Crippen molar-refractivity contribution in [3.63, 3.8) is 0 Å². The number of nitrogens with one attached hydrogen (secondary N) is 1. The molecule has 2 amide bonds. The Labute approximate surface area is 177 Å². The minimum Gasteiger partial charge on any atom is -0.459 e. The lowest BCUT2D eigenvalue weighted by Gasteiger charge is -2.22. The Morgan fingerprint density at radius 3 is 2.83 bits per heavy atom. The van der Waals surface area contributed by atoms with E-state index < -0.39 is 0 Å². The Morgan fingerprint density at radius 2 is 2.07 bits per heavy atom. The number of anilines is 2. The summed E-state index contributed by atoms with van der Waals surface area (Å²) in [6, 6.07) is 7.14. The third kappa shape index (κ3) is 4.82. The van der Waals surface area contributed by atoms with Gasteiger partial charge in [0.05, 0.1) is 24.1 Å². The lowest BCUT2D eigenvalue weighted by atomic mass is 10.3. The van der Waals surface area contributed by atoms with Gasteiger partial charge in [-0.1, -0.05) is 0 Å². The van der Waals surface area contributed by atoms with Crippen molar-refractivity contribution in [3.8, 4) is 0 Å². The number of aromatic nitrogens is 3. The van der Waals surface area contributed by atoms with Crippen LogP contribution in [0.25, 0.3) is 0 Å². The van der Waals surface area contributed by atoms with Gasteiger partial charge in [0.25, 0.3) is 5.91 Å². The molecule has 0 radical (unpaired) electrons. The van der Waals surface area contributed by atoms with Crippen molar-refractivity contribution in [2.45, 2.75) is 19.8 Å². The number of aryl methyl sites for hydroxylation is 1. The fraction of sp³-hybridized carbons (Fsp3) is 0.350. The van der Waals surface area contributed by atoms with E-state index >= 15 is 0 Å². The van der Waals surface area contributed by atoms with Crippen LogP contribution < -0.4 is 10.2 Å². The van der Waals surface area contributed by atoms with E-state index in [1.165, 1.54) is 17.6 Å². The molecule has 9 nitrogen and oxygen atoms in total. The quantitative estimate of drug-likeness (QED) is 0.668. The summed E-state index contributed by atoms with van der Waals surface area (Å²) < 4.78 is 5.07. The molecule has 1 aliphatic heterocycles. The van der Waals surface area contributed by atoms with Gasteiger partial charge in [0.2, 0.25) is 5.91 Å². The molecule has 156 valence electrons. The van der Waals surface area contributed by atoms with Gasteiger partial charge in [0.1, 0.15) is 0 Å². The molecule has 0 atom stereocenters. The predicted molar refractivity (Wildman–Crippen MR) is 113 cm³/mol. The van der Waals surface area contributed by atoms with Gasteiger partial charge in [-0.25, -0.2) is 4.98 Å². The zero-order valence-corrected chi connectivity index (χ0v) is 17.4. The van der Waals surface area contributed by atoms with E-state index in [0.29, 0.717) is 30.5 Å². The zero-order chi connectivity index (χ0) is 20.9. The largest absolute Gasteiger partial charge is 0.459 e. The van der Waals surface area contributed by atoms with Crippen LogP contribution in [0.4, 0.5) is 10.9 Å². The van der Waals surface area contributed by atoms with Crippen molar-refractivity contribution in [1.29, 1.82) is 0 Å². The van der Waals surface area contributed by atoms with Crippen molar-refractivity contribution >= 4 is 34.1 Å². The molecule has 1 aliphatic rings. The number of rotatable bonds is 5. The third-order valence-corrected chi connectivity index (χ3v) is 5.61. The minimum absolute atomic E-state index is 0.0288. The van der Waals surface area contributed by atoms with Crippen LogP contribution >= 0.6 is 11.3 Å². The summed E-state index contributed by atoms with van der Waals surface area (Å²) in [7, 11) is 0. The Morgan fingerprint density at radius 1 is 1.17 bits per heavy atom. The Kier molecular flexibility index (Phi) is 6.03. The van der Waals surface area contributed by atoms with E-state index in [4.69, 9.17) is 4.42 Å². The second kappa shape index (κ2) is 9.04. The van der Waals surface area contributed by atoms with Gasteiger partial charge in [-0.15, -0.1) is 16.4 Å². The maximum absolute atomic E-state index is 12.8. The molecule has 4 rings (SSSR count).